The lowest BCUT2D eigenvalue weighted by atomic mass is 10.0. The standard InChI is InChI=1S/C16H17Cl2N3OS/c17-11-6-5-10(9-12(11)18)20-16(22)19-8-7-15-21-13-3-1-2-4-14(13)23-15/h5-6,9H,1-4,7-8H2,(H2,19,20,22). The van der Waals surface area contributed by atoms with Crippen LogP contribution in [0.1, 0.15) is 28.4 Å². The van der Waals surface area contributed by atoms with Crippen LogP contribution in [0.15, 0.2) is 18.2 Å². The molecule has 1 aliphatic carbocycles. The number of rotatable bonds is 4. The van der Waals surface area contributed by atoms with Crippen molar-refractivity contribution in [2.24, 2.45) is 0 Å². The minimum atomic E-state index is -0.260. The second kappa shape index (κ2) is 7.51. The summed E-state index contributed by atoms with van der Waals surface area (Å²) in [5.74, 6) is 0. The predicted octanol–water partition coefficient (Wildman–Crippen LogP) is 4.69. The van der Waals surface area contributed by atoms with Gasteiger partial charge in [-0.1, -0.05) is 23.2 Å². The number of aryl methyl sites for hydroxylation is 2. The van der Waals surface area contributed by atoms with Crippen molar-refractivity contribution in [1.82, 2.24) is 10.3 Å². The summed E-state index contributed by atoms with van der Waals surface area (Å²) in [4.78, 5) is 18.0. The van der Waals surface area contributed by atoms with E-state index in [0.29, 0.717) is 22.3 Å². The molecule has 2 aromatic rings. The van der Waals surface area contributed by atoms with E-state index in [9.17, 15) is 4.79 Å². The molecule has 0 bridgehead atoms. The number of carbonyl (C=O) groups excluding carboxylic acids is 1. The van der Waals surface area contributed by atoms with E-state index in [1.54, 1.807) is 29.5 Å². The molecule has 0 saturated carbocycles. The monoisotopic (exact) mass is 369 g/mol. The van der Waals surface area contributed by atoms with Crippen molar-refractivity contribution in [3.63, 3.8) is 0 Å². The maximum absolute atomic E-state index is 11.9. The normalized spacial score (nSPS) is 13.5. The maximum Gasteiger partial charge on any atom is 0.319 e. The highest BCUT2D eigenvalue weighted by Gasteiger charge is 2.14. The van der Waals surface area contributed by atoms with Crippen molar-refractivity contribution in [2.75, 3.05) is 11.9 Å². The van der Waals surface area contributed by atoms with Gasteiger partial charge in [-0.05, 0) is 43.9 Å². The summed E-state index contributed by atoms with van der Waals surface area (Å²) in [6.45, 7) is 0.555. The zero-order chi connectivity index (χ0) is 16.2. The number of carbonyl (C=O) groups is 1. The fourth-order valence-electron chi connectivity index (χ4n) is 2.54. The molecule has 0 unspecified atom stereocenters. The maximum atomic E-state index is 11.9. The van der Waals surface area contributed by atoms with Crippen LogP contribution in [0.25, 0.3) is 0 Å². The van der Waals surface area contributed by atoms with Crippen LogP contribution < -0.4 is 10.6 Å². The first-order valence-electron chi connectivity index (χ1n) is 7.59. The van der Waals surface area contributed by atoms with Crippen molar-refractivity contribution in [2.45, 2.75) is 32.1 Å². The smallest absolute Gasteiger partial charge is 0.319 e. The Kier molecular flexibility index (Phi) is 5.41. The number of anilines is 1. The Balaban J connectivity index is 1.47. The number of urea groups is 1. The number of aromatic nitrogens is 1. The largest absolute Gasteiger partial charge is 0.337 e. The van der Waals surface area contributed by atoms with Gasteiger partial charge in [0, 0.05) is 23.5 Å². The van der Waals surface area contributed by atoms with E-state index in [2.05, 4.69) is 15.6 Å². The lowest BCUT2D eigenvalue weighted by molar-refractivity contribution is 0.252. The van der Waals surface area contributed by atoms with Crippen LogP contribution in [0, 0.1) is 0 Å². The Morgan fingerprint density at radius 3 is 2.83 bits per heavy atom. The summed E-state index contributed by atoms with van der Waals surface area (Å²) < 4.78 is 0. The third kappa shape index (κ3) is 4.37. The lowest BCUT2D eigenvalue weighted by Gasteiger charge is -2.07. The Morgan fingerprint density at radius 2 is 2.04 bits per heavy atom. The minimum absolute atomic E-state index is 0.260. The van der Waals surface area contributed by atoms with Crippen LogP contribution in [0.2, 0.25) is 10.0 Å². The molecule has 1 aromatic heterocycles. The van der Waals surface area contributed by atoms with Crippen LogP contribution in [-0.4, -0.2) is 17.6 Å². The molecule has 2 amide bonds. The summed E-state index contributed by atoms with van der Waals surface area (Å²) in [6, 6.07) is 4.73. The first-order chi connectivity index (χ1) is 11.1. The van der Waals surface area contributed by atoms with Crippen molar-refractivity contribution >= 4 is 46.3 Å². The predicted molar refractivity (Wildman–Crippen MR) is 95.9 cm³/mol. The highest BCUT2D eigenvalue weighted by molar-refractivity contribution is 7.11. The number of benzene rings is 1. The second-order valence-electron chi connectivity index (χ2n) is 5.44. The van der Waals surface area contributed by atoms with Gasteiger partial charge in [-0.2, -0.15) is 0 Å². The quantitative estimate of drug-likeness (QED) is 0.820. The summed E-state index contributed by atoms with van der Waals surface area (Å²) in [7, 11) is 0. The molecule has 0 fully saturated rings. The van der Waals surface area contributed by atoms with E-state index in [-0.39, 0.29) is 6.03 Å². The Bertz CT molecular complexity index is 694. The number of thiazole rings is 1. The molecule has 3 rings (SSSR count). The molecular formula is C16H17Cl2N3OS. The highest BCUT2D eigenvalue weighted by atomic mass is 35.5. The first kappa shape index (κ1) is 16.6. The fourth-order valence-corrected chi connectivity index (χ4v) is 4.00. The molecule has 23 heavy (non-hydrogen) atoms. The molecular weight excluding hydrogens is 353 g/mol. The summed E-state index contributed by atoms with van der Waals surface area (Å²) in [5.41, 5.74) is 1.87. The van der Waals surface area contributed by atoms with Crippen molar-refractivity contribution in [3.8, 4) is 0 Å². The molecule has 0 saturated heterocycles. The number of amides is 2. The van der Waals surface area contributed by atoms with Gasteiger partial charge in [0.15, 0.2) is 0 Å². The zero-order valence-electron chi connectivity index (χ0n) is 12.5. The van der Waals surface area contributed by atoms with Crippen LogP contribution in [0.3, 0.4) is 0 Å². The van der Waals surface area contributed by atoms with Crippen LogP contribution in [0.4, 0.5) is 10.5 Å². The van der Waals surface area contributed by atoms with Crippen molar-refractivity contribution in [1.29, 1.82) is 0 Å². The van der Waals surface area contributed by atoms with Gasteiger partial charge in [0.1, 0.15) is 0 Å². The zero-order valence-corrected chi connectivity index (χ0v) is 14.8. The summed E-state index contributed by atoms with van der Waals surface area (Å²) in [5, 5.41) is 7.55. The molecule has 1 aromatic carbocycles. The number of hydrogen-bond acceptors (Lipinski definition) is 3. The van der Waals surface area contributed by atoms with Gasteiger partial charge in [-0.25, -0.2) is 9.78 Å². The molecule has 1 heterocycles. The average molecular weight is 370 g/mol. The van der Waals surface area contributed by atoms with Gasteiger partial charge in [0.05, 0.1) is 20.7 Å². The number of nitrogens with one attached hydrogen (secondary N) is 2. The van der Waals surface area contributed by atoms with Gasteiger partial charge < -0.3 is 10.6 Å². The Morgan fingerprint density at radius 1 is 1.22 bits per heavy atom. The van der Waals surface area contributed by atoms with Crippen LogP contribution in [0.5, 0.6) is 0 Å². The van der Waals surface area contributed by atoms with E-state index >= 15 is 0 Å². The van der Waals surface area contributed by atoms with Crippen molar-refractivity contribution < 1.29 is 4.79 Å². The molecule has 122 valence electrons. The van der Waals surface area contributed by atoms with E-state index in [0.717, 1.165) is 24.3 Å². The molecule has 0 radical (unpaired) electrons. The number of nitrogens with zero attached hydrogens (tertiary/aromatic N) is 1. The minimum Gasteiger partial charge on any atom is -0.337 e. The number of hydrogen-bond donors (Lipinski definition) is 2. The van der Waals surface area contributed by atoms with Gasteiger partial charge in [0.25, 0.3) is 0 Å². The molecule has 1 aliphatic rings. The van der Waals surface area contributed by atoms with Crippen molar-refractivity contribution in [3.05, 3.63) is 43.8 Å². The van der Waals surface area contributed by atoms with E-state index in [1.807, 2.05) is 0 Å². The highest BCUT2D eigenvalue weighted by Crippen LogP contribution is 2.27. The summed E-state index contributed by atoms with van der Waals surface area (Å²) >= 11 is 13.5. The molecule has 2 N–H and O–H groups in total. The van der Waals surface area contributed by atoms with Crippen LogP contribution in [-0.2, 0) is 19.3 Å². The molecule has 4 nitrogen and oxygen atoms in total. The fraction of sp³-hybridized carbons (Fsp3) is 0.375. The third-order valence-corrected chi connectivity index (χ3v) is 5.65. The molecule has 0 aliphatic heterocycles. The Hall–Kier alpha value is -1.30. The average Bonchev–Trinajstić information content (AvgIpc) is 2.93. The topological polar surface area (TPSA) is 54.0 Å². The SMILES string of the molecule is O=C(NCCc1nc2c(s1)CCCC2)Nc1ccc(Cl)c(Cl)c1. The van der Waals surface area contributed by atoms with Gasteiger partial charge in [-0.3, -0.25) is 0 Å². The van der Waals surface area contributed by atoms with Gasteiger partial charge in [0.2, 0.25) is 0 Å². The van der Waals surface area contributed by atoms with Gasteiger partial charge >= 0.3 is 6.03 Å². The lowest BCUT2D eigenvalue weighted by Crippen LogP contribution is -2.30. The van der Waals surface area contributed by atoms with E-state index in [1.165, 1.54) is 23.4 Å². The molecule has 0 atom stereocenters. The number of fused-ring (bicyclic) bond motifs is 1. The Labute approximate surface area is 149 Å². The molecule has 7 heteroatoms. The number of halogens is 2. The third-order valence-electron chi connectivity index (χ3n) is 3.69. The first-order valence-corrected chi connectivity index (χ1v) is 9.16. The van der Waals surface area contributed by atoms with Crippen LogP contribution >= 0.6 is 34.5 Å². The van der Waals surface area contributed by atoms with E-state index in [4.69, 9.17) is 23.2 Å². The van der Waals surface area contributed by atoms with Gasteiger partial charge in [-0.15, -0.1) is 11.3 Å². The van der Waals surface area contributed by atoms with E-state index < -0.39 is 0 Å². The summed E-state index contributed by atoms with van der Waals surface area (Å²) in [6.07, 6.45) is 5.50. The second-order valence-corrected chi connectivity index (χ2v) is 7.43. The molecule has 0 spiro atoms.